The number of rotatable bonds is 6. The van der Waals surface area contributed by atoms with Crippen LogP contribution in [-0.4, -0.2) is 18.0 Å². The lowest BCUT2D eigenvalue weighted by molar-refractivity contribution is -0.126. The Labute approximate surface area is 82.9 Å². The van der Waals surface area contributed by atoms with Gasteiger partial charge < -0.3 is 0 Å². The van der Waals surface area contributed by atoms with Crippen molar-refractivity contribution in [2.45, 2.75) is 32.6 Å². The maximum Gasteiger partial charge on any atom is 0.240 e. The average Bonchev–Trinajstić information content (AvgIpc) is 2.21. The lowest BCUT2D eigenvalue weighted by Crippen LogP contribution is -2.31. The van der Waals surface area contributed by atoms with Crippen LogP contribution < -0.4 is 16.7 Å². The van der Waals surface area contributed by atoms with Gasteiger partial charge in [-0.2, -0.15) is 5.10 Å². The maximum absolute atomic E-state index is 11.0. The topological polar surface area (TPSA) is 96.6 Å². The summed E-state index contributed by atoms with van der Waals surface area (Å²) in [5, 5.41) is 3.68. The van der Waals surface area contributed by atoms with Crippen molar-refractivity contribution in [1.29, 1.82) is 0 Å². The molecule has 0 radical (unpaired) electrons. The second-order valence-corrected chi connectivity index (χ2v) is 2.70. The van der Waals surface area contributed by atoms with Crippen LogP contribution in [0, 0.1) is 0 Å². The van der Waals surface area contributed by atoms with Gasteiger partial charge in [0.25, 0.3) is 0 Å². The quantitative estimate of drug-likeness (QED) is 0.237. The molecular formula is C8H16N4O2. The third-order valence-corrected chi connectivity index (χ3v) is 1.44. The van der Waals surface area contributed by atoms with E-state index in [2.05, 4.69) is 10.5 Å². The van der Waals surface area contributed by atoms with Crippen molar-refractivity contribution in [2.75, 3.05) is 0 Å². The first kappa shape index (κ1) is 12.6. The SMILES string of the molecule is CCC/C=N/NC(=O)CCC(=O)NN. The highest BCUT2D eigenvalue weighted by Crippen LogP contribution is 1.88. The lowest BCUT2D eigenvalue weighted by atomic mass is 10.3. The number of hydrogen-bond acceptors (Lipinski definition) is 4. The number of unbranched alkanes of at least 4 members (excludes halogenated alkanes) is 1. The van der Waals surface area contributed by atoms with E-state index in [0.29, 0.717) is 0 Å². The van der Waals surface area contributed by atoms with Crippen molar-refractivity contribution in [2.24, 2.45) is 10.9 Å². The number of nitrogens with zero attached hydrogens (tertiary/aromatic N) is 1. The molecule has 4 N–H and O–H groups in total. The van der Waals surface area contributed by atoms with Crippen molar-refractivity contribution < 1.29 is 9.59 Å². The molecule has 0 bridgehead atoms. The predicted octanol–water partition coefficient (Wildman–Crippen LogP) is -0.341. The third kappa shape index (κ3) is 7.23. The van der Waals surface area contributed by atoms with Crippen LogP contribution in [0.1, 0.15) is 32.6 Å². The number of amides is 2. The molecule has 0 rings (SSSR count). The summed E-state index contributed by atoms with van der Waals surface area (Å²) in [5.41, 5.74) is 4.25. The zero-order chi connectivity index (χ0) is 10.8. The summed E-state index contributed by atoms with van der Waals surface area (Å²) in [5.74, 6) is 4.18. The molecule has 0 aliphatic heterocycles. The van der Waals surface area contributed by atoms with Crippen molar-refractivity contribution in [3.8, 4) is 0 Å². The van der Waals surface area contributed by atoms with Gasteiger partial charge in [0, 0.05) is 19.1 Å². The standard InChI is InChI=1S/C8H16N4O2/c1-2-3-6-10-12-8(14)5-4-7(13)11-9/h6H,2-5,9H2,1H3,(H,11,13)(H,12,14)/b10-6+. The first-order valence-corrected chi connectivity index (χ1v) is 4.50. The fourth-order valence-electron chi connectivity index (χ4n) is 0.666. The molecule has 0 aromatic rings. The van der Waals surface area contributed by atoms with Crippen LogP contribution in [0.25, 0.3) is 0 Å². The Morgan fingerprint density at radius 2 is 2.00 bits per heavy atom. The normalized spacial score (nSPS) is 10.1. The summed E-state index contributed by atoms with van der Waals surface area (Å²) in [6.07, 6.45) is 3.59. The highest BCUT2D eigenvalue weighted by atomic mass is 16.2. The van der Waals surface area contributed by atoms with Crippen LogP contribution >= 0.6 is 0 Å². The molecule has 0 aromatic carbocycles. The van der Waals surface area contributed by atoms with Gasteiger partial charge in [0.05, 0.1) is 0 Å². The van der Waals surface area contributed by atoms with Gasteiger partial charge in [0.1, 0.15) is 0 Å². The minimum atomic E-state index is -0.363. The zero-order valence-corrected chi connectivity index (χ0v) is 8.25. The molecule has 0 heterocycles. The molecule has 6 heteroatoms. The molecular weight excluding hydrogens is 184 g/mol. The Kier molecular flexibility index (Phi) is 7.35. The number of nitrogens with two attached hydrogens (primary N) is 1. The van der Waals surface area contributed by atoms with Gasteiger partial charge in [-0.25, -0.2) is 11.3 Å². The summed E-state index contributed by atoms with van der Waals surface area (Å²) in [4.78, 5) is 21.6. The number of carbonyl (C=O) groups excluding carboxylic acids is 2. The zero-order valence-electron chi connectivity index (χ0n) is 8.25. The summed E-state index contributed by atoms with van der Waals surface area (Å²) in [6, 6.07) is 0. The van der Waals surface area contributed by atoms with Gasteiger partial charge in [-0.1, -0.05) is 13.3 Å². The minimum Gasteiger partial charge on any atom is -0.294 e. The Morgan fingerprint density at radius 3 is 2.57 bits per heavy atom. The van der Waals surface area contributed by atoms with Crippen LogP contribution in [0.5, 0.6) is 0 Å². The maximum atomic E-state index is 11.0. The molecule has 0 unspecified atom stereocenters. The Balaban J connectivity index is 3.51. The molecule has 0 aromatic heterocycles. The van der Waals surface area contributed by atoms with Crippen LogP contribution in [-0.2, 0) is 9.59 Å². The third-order valence-electron chi connectivity index (χ3n) is 1.44. The second-order valence-electron chi connectivity index (χ2n) is 2.70. The molecule has 0 fully saturated rings. The molecule has 0 saturated heterocycles. The molecule has 0 saturated carbocycles. The van der Waals surface area contributed by atoms with Crippen molar-refractivity contribution in [3.05, 3.63) is 0 Å². The Bertz CT molecular complexity index is 215. The highest BCUT2D eigenvalue weighted by molar-refractivity contribution is 5.83. The van der Waals surface area contributed by atoms with Gasteiger partial charge in [0.2, 0.25) is 11.8 Å². The summed E-state index contributed by atoms with van der Waals surface area (Å²) in [6.45, 7) is 2.01. The summed E-state index contributed by atoms with van der Waals surface area (Å²) >= 11 is 0. The molecule has 80 valence electrons. The average molecular weight is 200 g/mol. The molecule has 0 aliphatic rings. The van der Waals surface area contributed by atoms with Gasteiger partial charge in [-0.15, -0.1) is 0 Å². The van der Waals surface area contributed by atoms with Gasteiger partial charge in [0.15, 0.2) is 0 Å². The minimum absolute atomic E-state index is 0.0750. The first-order chi connectivity index (χ1) is 6.70. The van der Waals surface area contributed by atoms with E-state index in [1.54, 1.807) is 6.21 Å². The van der Waals surface area contributed by atoms with E-state index in [0.717, 1.165) is 12.8 Å². The van der Waals surface area contributed by atoms with Crippen molar-refractivity contribution >= 4 is 18.0 Å². The number of hydrogen-bond donors (Lipinski definition) is 3. The van der Waals surface area contributed by atoms with E-state index in [9.17, 15) is 9.59 Å². The predicted molar refractivity (Wildman–Crippen MR) is 53.1 cm³/mol. The first-order valence-electron chi connectivity index (χ1n) is 4.50. The smallest absolute Gasteiger partial charge is 0.240 e. The van der Waals surface area contributed by atoms with E-state index in [-0.39, 0.29) is 24.7 Å². The number of nitrogens with one attached hydrogen (secondary N) is 2. The fraction of sp³-hybridized carbons (Fsp3) is 0.625. The second kappa shape index (κ2) is 8.18. The number of hydrazine groups is 1. The highest BCUT2D eigenvalue weighted by Gasteiger charge is 2.03. The Morgan fingerprint density at radius 1 is 1.36 bits per heavy atom. The fourth-order valence-corrected chi connectivity index (χ4v) is 0.666. The van der Waals surface area contributed by atoms with Gasteiger partial charge >= 0.3 is 0 Å². The number of hydrazone groups is 1. The van der Waals surface area contributed by atoms with E-state index in [1.807, 2.05) is 12.3 Å². The van der Waals surface area contributed by atoms with Gasteiger partial charge in [-0.05, 0) is 6.42 Å². The lowest BCUT2D eigenvalue weighted by Gasteiger charge is -1.98. The number of carbonyl (C=O) groups is 2. The van der Waals surface area contributed by atoms with Crippen LogP contribution in [0.15, 0.2) is 5.10 Å². The van der Waals surface area contributed by atoms with Crippen LogP contribution in [0.4, 0.5) is 0 Å². The van der Waals surface area contributed by atoms with Gasteiger partial charge in [-0.3, -0.25) is 15.0 Å². The molecule has 14 heavy (non-hydrogen) atoms. The van der Waals surface area contributed by atoms with Crippen LogP contribution in [0.2, 0.25) is 0 Å². The monoisotopic (exact) mass is 200 g/mol. The van der Waals surface area contributed by atoms with Crippen molar-refractivity contribution in [3.63, 3.8) is 0 Å². The summed E-state index contributed by atoms with van der Waals surface area (Å²) < 4.78 is 0. The molecule has 0 spiro atoms. The van der Waals surface area contributed by atoms with E-state index >= 15 is 0 Å². The molecule has 0 aliphatic carbocycles. The summed E-state index contributed by atoms with van der Waals surface area (Å²) in [7, 11) is 0. The van der Waals surface area contributed by atoms with Crippen molar-refractivity contribution in [1.82, 2.24) is 10.9 Å². The van der Waals surface area contributed by atoms with E-state index < -0.39 is 0 Å². The molecule has 2 amide bonds. The molecule has 0 atom stereocenters. The Hall–Kier alpha value is -1.43. The molecule has 6 nitrogen and oxygen atoms in total. The largest absolute Gasteiger partial charge is 0.294 e. The van der Waals surface area contributed by atoms with E-state index in [1.165, 1.54) is 0 Å². The van der Waals surface area contributed by atoms with E-state index in [4.69, 9.17) is 5.84 Å². The van der Waals surface area contributed by atoms with Crippen LogP contribution in [0.3, 0.4) is 0 Å².